The Labute approximate surface area is 198 Å². The molecule has 1 atom stereocenters. The van der Waals surface area contributed by atoms with Crippen LogP contribution in [0, 0.1) is 0 Å². The van der Waals surface area contributed by atoms with Gasteiger partial charge >= 0.3 is 0 Å². The molecular weight excluding hydrogens is 515 g/mol. The van der Waals surface area contributed by atoms with Crippen molar-refractivity contribution in [3.05, 3.63) is 77.6 Å². The molecule has 5 aromatic rings. The molecule has 0 aliphatic heterocycles. The molecule has 32 heavy (non-hydrogen) atoms. The van der Waals surface area contributed by atoms with Crippen molar-refractivity contribution in [3.8, 4) is 11.4 Å². The van der Waals surface area contributed by atoms with Crippen molar-refractivity contribution in [3.63, 3.8) is 0 Å². The minimum Gasteiger partial charge on any atom is -0.345 e. The Morgan fingerprint density at radius 1 is 1.22 bits per heavy atom. The monoisotopic (exact) mass is 536 g/mol. The highest BCUT2D eigenvalue weighted by Crippen LogP contribution is 2.29. The van der Waals surface area contributed by atoms with Gasteiger partial charge in [-0.1, -0.05) is 65.1 Å². The van der Waals surface area contributed by atoms with Crippen LogP contribution in [-0.4, -0.2) is 30.6 Å². The molecule has 0 bridgehead atoms. The molecule has 1 amide bonds. The van der Waals surface area contributed by atoms with Gasteiger partial charge in [0.25, 0.3) is 5.91 Å². The van der Waals surface area contributed by atoms with Gasteiger partial charge < -0.3 is 10.3 Å². The topological polar surface area (TPSA) is 88.5 Å². The Balaban J connectivity index is 1.52. The first-order valence-electron chi connectivity index (χ1n) is 10.3. The van der Waals surface area contributed by atoms with Gasteiger partial charge in [-0.3, -0.25) is 9.48 Å². The lowest BCUT2D eigenvalue weighted by atomic mass is 10.1. The molecule has 0 spiro atoms. The average Bonchev–Trinajstić information content (AvgIpc) is 3.40. The normalized spacial score (nSPS) is 12.3. The van der Waals surface area contributed by atoms with Crippen molar-refractivity contribution in [2.75, 3.05) is 0 Å². The van der Waals surface area contributed by atoms with Gasteiger partial charge in [-0.25, -0.2) is 9.97 Å². The van der Waals surface area contributed by atoms with Crippen LogP contribution >= 0.6 is 22.6 Å². The van der Waals surface area contributed by atoms with Crippen molar-refractivity contribution >= 4 is 50.6 Å². The summed E-state index contributed by atoms with van der Waals surface area (Å²) in [6.45, 7) is 1.96. The zero-order chi connectivity index (χ0) is 22.2. The molecule has 0 unspecified atom stereocenters. The summed E-state index contributed by atoms with van der Waals surface area (Å²) in [4.78, 5) is 25.4. The van der Waals surface area contributed by atoms with E-state index in [4.69, 9.17) is 10.1 Å². The minimum absolute atomic E-state index is 0.128. The maximum atomic E-state index is 13.0. The first kappa shape index (κ1) is 20.6. The molecule has 160 valence electrons. The SMILES string of the molecule is C[C@H](NC(=O)c1c[nH]c2ncc(-c3nn(C)c4cc(CI)ccc34)nc12)c1ccccc1. The van der Waals surface area contributed by atoms with Gasteiger partial charge in [-0.05, 0) is 24.1 Å². The van der Waals surface area contributed by atoms with Gasteiger partial charge in [0.1, 0.15) is 16.9 Å². The third-order valence-corrected chi connectivity index (χ3v) is 6.47. The zero-order valence-corrected chi connectivity index (χ0v) is 19.8. The molecule has 2 N–H and O–H groups in total. The third kappa shape index (κ3) is 3.64. The number of alkyl halides is 1. The van der Waals surface area contributed by atoms with Gasteiger partial charge in [0.05, 0.1) is 23.3 Å². The second kappa shape index (κ2) is 8.34. The second-order valence-electron chi connectivity index (χ2n) is 7.72. The number of carbonyl (C=O) groups excluding carboxylic acids is 1. The second-order valence-corrected chi connectivity index (χ2v) is 8.48. The number of hydrogen-bond donors (Lipinski definition) is 2. The maximum Gasteiger partial charge on any atom is 0.255 e. The van der Waals surface area contributed by atoms with Crippen LogP contribution in [-0.2, 0) is 11.5 Å². The summed E-state index contributed by atoms with van der Waals surface area (Å²) in [6.07, 6.45) is 3.35. The molecule has 2 aromatic carbocycles. The number of rotatable bonds is 5. The van der Waals surface area contributed by atoms with Crippen LogP contribution in [0.1, 0.15) is 34.5 Å². The van der Waals surface area contributed by atoms with Crippen LogP contribution < -0.4 is 5.32 Å². The van der Waals surface area contributed by atoms with E-state index in [2.05, 4.69) is 56.1 Å². The molecular formula is C24H21IN6O. The van der Waals surface area contributed by atoms with Crippen molar-refractivity contribution < 1.29 is 4.79 Å². The maximum absolute atomic E-state index is 13.0. The molecule has 0 aliphatic carbocycles. The van der Waals surface area contributed by atoms with Gasteiger partial charge in [0, 0.05) is 23.1 Å². The highest BCUT2D eigenvalue weighted by Gasteiger charge is 2.19. The van der Waals surface area contributed by atoms with E-state index in [1.807, 2.05) is 49.0 Å². The fraction of sp³-hybridized carbons (Fsp3) is 0.167. The van der Waals surface area contributed by atoms with E-state index in [9.17, 15) is 4.79 Å². The summed E-state index contributed by atoms with van der Waals surface area (Å²) in [5, 5.41) is 8.75. The van der Waals surface area contributed by atoms with Crippen molar-refractivity contribution in [1.29, 1.82) is 0 Å². The molecule has 0 saturated heterocycles. The van der Waals surface area contributed by atoms with Crippen molar-refractivity contribution in [2.45, 2.75) is 17.4 Å². The Hall–Kier alpha value is -3.27. The summed E-state index contributed by atoms with van der Waals surface area (Å²) >= 11 is 2.35. The van der Waals surface area contributed by atoms with Crippen LogP contribution in [0.15, 0.2) is 60.9 Å². The fourth-order valence-corrected chi connectivity index (χ4v) is 4.33. The molecule has 5 rings (SSSR count). The number of aromatic nitrogens is 5. The third-order valence-electron chi connectivity index (χ3n) is 5.59. The number of amides is 1. The number of fused-ring (bicyclic) bond motifs is 2. The molecule has 3 heterocycles. The predicted octanol–water partition coefficient (Wildman–Crippen LogP) is 4.94. The molecule has 0 saturated carbocycles. The highest BCUT2D eigenvalue weighted by atomic mass is 127. The lowest BCUT2D eigenvalue weighted by Crippen LogP contribution is -2.26. The van der Waals surface area contributed by atoms with Crippen molar-refractivity contribution in [1.82, 2.24) is 30.0 Å². The number of H-pyrrole nitrogens is 1. The Morgan fingerprint density at radius 2 is 2.03 bits per heavy atom. The van der Waals surface area contributed by atoms with Crippen LogP contribution in [0.4, 0.5) is 0 Å². The number of carbonyl (C=O) groups is 1. The number of nitrogens with one attached hydrogen (secondary N) is 2. The molecule has 7 nitrogen and oxygen atoms in total. The van der Waals surface area contributed by atoms with Gasteiger partial charge in [0.15, 0.2) is 5.65 Å². The smallest absolute Gasteiger partial charge is 0.255 e. The van der Waals surface area contributed by atoms with Crippen molar-refractivity contribution in [2.24, 2.45) is 7.05 Å². The number of nitrogens with zero attached hydrogens (tertiary/aromatic N) is 4. The van der Waals surface area contributed by atoms with Crippen LogP contribution in [0.25, 0.3) is 33.5 Å². The van der Waals surface area contributed by atoms with E-state index < -0.39 is 0 Å². The highest BCUT2D eigenvalue weighted by molar-refractivity contribution is 14.1. The molecule has 8 heteroatoms. The largest absolute Gasteiger partial charge is 0.345 e. The van der Waals surface area contributed by atoms with Crippen LogP contribution in [0.3, 0.4) is 0 Å². The summed E-state index contributed by atoms with van der Waals surface area (Å²) in [6, 6.07) is 16.1. The fourth-order valence-electron chi connectivity index (χ4n) is 3.85. The lowest BCUT2D eigenvalue weighted by molar-refractivity contribution is 0.0941. The number of halogens is 1. The van der Waals surface area contributed by atoms with E-state index in [0.29, 0.717) is 22.4 Å². The number of aryl methyl sites for hydroxylation is 1. The summed E-state index contributed by atoms with van der Waals surface area (Å²) in [5.74, 6) is -0.198. The van der Waals surface area contributed by atoms with E-state index in [0.717, 1.165) is 26.6 Å². The van der Waals surface area contributed by atoms with Gasteiger partial charge in [0.2, 0.25) is 0 Å². The average molecular weight is 536 g/mol. The summed E-state index contributed by atoms with van der Waals surface area (Å²) in [5.41, 5.74) is 6.27. The van der Waals surface area contributed by atoms with E-state index in [1.165, 1.54) is 5.56 Å². The molecule has 0 radical (unpaired) electrons. The first-order valence-corrected chi connectivity index (χ1v) is 11.8. The molecule has 3 aromatic heterocycles. The van der Waals surface area contributed by atoms with Gasteiger partial charge in [-0.2, -0.15) is 5.10 Å². The minimum atomic E-state index is -0.198. The molecule has 0 fully saturated rings. The van der Waals surface area contributed by atoms with E-state index in [1.54, 1.807) is 12.4 Å². The quantitative estimate of drug-likeness (QED) is 0.246. The standard InChI is InChI=1S/C24H21IN6O/c1-14(16-6-4-3-5-7-16)28-24(32)18-12-26-23-22(18)29-19(13-27-23)21-17-9-8-15(11-25)10-20(17)31(2)30-21/h3-10,12-14H,11H2,1-2H3,(H,26,27)(H,28,32)/t14-/m0/s1. The predicted molar refractivity (Wildman–Crippen MR) is 134 cm³/mol. The Bertz CT molecular complexity index is 1440. The lowest BCUT2D eigenvalue weighted by Gasteiger charge is -2.13. The number of aromatic amines is 1. The van der Waals surface area contributed by atoms with Crippen LogP contribution in [0.5, 0.6) is 0 Å². The molecule has 0 aliphatic rings. The van der Waals surface area contributed by atoms with E-state index >= 15 is 0 Å². The summed E-state index contributed by atoms with van der Waals surface area (Å²) in [7, 11) is 1.93. The number of hydrogen-bond acceptors (Lipinski definition) is 4. The van der Waals surface area contributed by atoms with Gasteiger partial charge in [-0.15, -0.1) is 0 Å². The zero-order valence-electron chi connectivity index (χ0n) is 17.6. The Kier molecular flexibility index (Phi) is 5.38. The number of benzene rings is 2. The van der Waals surface area contributed by atoms with Crippen LogP contribution in [0.2, 0.25) is 0 Å². The first-order chi connectivity index (χ1) is 15.5. The summed E-state index contributed by atoms with van der Waals surface area (Å²) < 4.78 is 2.79. The van der Waals surface area contributed by atoms with E-state index in [-0.39, 0.29) is 11.9 Å². The Morgan fingerprint density at radius 3 is 2.81 bits per heavy atom.